The van der Waals surface area contributed by atoms with Gasteiger partial charge in [0.05, 0.1) is 6.04 Å². The molecule has 0 fully saturated rings. The average molecular weight is 311 g/mol. The summed E-state index contributed by atoms with van der Waals surface area (Å²) in [7, 11) is 1.73. The molecule has 0 radical (unpaired) electrons. The lowest BCUT2D eigenvalue weighted by atomic mass is 10.1. The Kier molecular flexibility index (Phi) is 4.46. The van der Waals surface area contributed by atoms with E-state index in [4.69, 9.17) is 17.3 Å². The summed E-state index contributed by atoms with van der Waals surface area (Å²) in [6, 6.07) is 7.20. The van der Waals surface area contributed by atoms with Gasteiger partial charge in [0.15, 0.2) is 5.13 Å². The van der Waals surface area contributed by atoms with E-state index >= 15 is 0 Å². The molecule has 2 aromatic rings. The predicted molar refractivity (Wildman–Crippen MR) is 83.4 cm³/mol. The second-order valence-electron chi connectivity index (χ2n) is 4.23. The number of carbonyl (C=O) groups excluding carboxylic acids is 1. The molecule has 0 saturated carbocycles. The molecule has 4 N–H and O–H groups in total. The number of nitrogens with two attached hydrogens (primary N) is 1. The van der Waals surface area contributed by atoms with Crippen LogP contribution in [-0.2, 0) is 0 Å². The minimum absolute atomic E-state index is 0.140. The molecule has 0 saturated heterocycles. The molecule has 2 rings (SSSR count). The topological polar surface area (TPSA) is 80.0 Å². The van der Waals surface area contributed by atoms with Crippen molar-refractivity contribution >= 4 is 39.8 Å². The first-order valence-corrected chi connectivity index (χ1v) is 7.21. The predicted octanol–water partition coefficient (Wildman–Crippen LogP) is 2.91. The van der Waals surface area contributed by atoms with E-state index in [0.717, 1.165) is 5.56 Å². The van der Waals surface area contributed by atoms with E-state index in [2.05, 4.69) is 15.6 Å². The van der Waals surface area contributed by atoms with Crippen LogP contribution < -0.4 is 16.4 Å². The number of benzene rings is 1. The van der Waals surface area contributed by atoms with E-state index in [9.17, 15) is 4.79 Å². The number of anilines is 2. The molecule has 20 heavy (non-hydrogen) atoms. The quantitative estimate of drug-likeness (QED) is 0.811. The van der Waals surface area contributed by atoms with Gasteiger partial charge in [-0.2, -0.15) is 0 Å². The molecule has 1 atom stereocenters. The lowest BCUT2D eigenvalue weighted by Crippen LogP contribution is -2.26. The summed E-state index contributed by atoms with van der Waals surface area (Å²) in [6.45, 7) is 1.90. The molecule has 1 amide bonds. The molecule has 1 unspecified atom stereocenters. The van der Waals surface area contributed by atoms with Gasteiger partial charge >= 0.3 is 0 Å². The van der Waals surface area contributed by atoms with Crippen LogP contribution in [0.1, 0.15) is 28.2 Å². The van der Waals surface area contributed by atoms with Crippen LogP contribution in [0.2, 0.25) is 5.02 Å². The van der Waals surface area contributed by atoms with E-state index < -0.39 is 0 Å². The number of nitrogens with zero attached hydrogens (tertiary/aromatic N) is 1. The maximum atomic E-state index is 12.2. The lowest BCUT2D eigenvalue weighted by molar-refractivity contribution is 0.0944. The Morgan fingerprint density at radius 1 is 1.40 bits per heavy atom. The molecular formula is C13H15ClN4OS. The smallest absolute Gasteiger partial charge is 0.265 e. The number of carbonyl (C=O) groups is 1. The van der Waals surface area contributed by atoms with E-state index in [1.54, 1.807) is 19.2 Å². The van der Waals surface area contributed by atoms with Gasteiger partial charge in [-0.1, -0.05) is 35.1 Å². The van der Waals surface area contributed by atoms with Crippen LogP contribution in [0.5, 0.6) is 0 Å². The summed E-state index contributed by atoms with van der Waals surface area (Å²) in [5, 5.41) is 7.04. The van der Waals surface area contributed by atoms with Crippen molar-refractivity contribution in [2.75, 3.05) is 18.1 Å². The SMILES string of the molecule is CNc1nc(N)c(C(=O)NC(C)c2ccc(Cl)cc2)s1. The van der Waals surface area contributed by atoms with Gasteiger partial charge in [0.1, 0.15) is 10.7 Å². The highest BCUT2D eigenvalue weighted by atomic mass is 35.5. The highest BCUT2D eigenvalue weighted by molar-refractivity contribution is 7.18. The zero-order chi connectivity index (χ0) is 14.7. The van der Waals surface area contributed by atoms with E-state index in [1.165, 1.54) is 11.3 Å². The summed E-state index contributed by atoms with van der Waals surface area (Å²) >= 11 is 7.07. The van der Waals surface area contributed by atoms with Crippen molar-refractivity contribution in [3.05, 3.63) is 39.7 Å². The molecule has 106 valence electrons. The first kappa shape index (κ1) is 14.6. The summed E-state index contributed by atoms with van der Waals surface area (Å²) < 4.78 is 0. The van der Waals surface area contributed by atoms with E-state index in [0.29, 0.717) is 15.0 Å². The molecule has 1 aromatic carbocycles. The fraction of sp³-hybridized carbons (Fsp3) is 0.231. The Hall–Kier alpha value is -1.79. The average Bonchev–Trinajstić information content (AvgIpc) is 2.80. The van der Waals surface area contributed by atoms with Crippen molar-refractivity contribution in [2.45, 2.75) is 13.0 Å². The second kappa shape index (κ2) is 6.11. The number of halogens is 1. The van der Waals surface area contributed by atoms with Gasteiger partial charge in [-0.25, -0.2) is 4.98 Å². The zero-order valence-electron chi connectivity index (χ0n) is 11.1. The van der Waals surface area contributed by atoms with Crippen LogP contribution in [0.4, 0.5) is 10.9 Å². The Morgan fingerprint density at radius 3 is 2.60 bits per heavy atom. The third-order valence-corrected chi connectivity index (χ3v) is 4.13. The molecule has 7 heteroatoms. The van der Waals surface area contributed by atoms with Gasteiger partial charge in [0, 0.05) is 12.1 Å². The van der Waals surface area contributed by atoms with Crippen LogP contribution >= 0.6 is 22.9 Å². The van der Waals surface area contributed by atoms with Gasteiger partial charge in [-0.3, -0.25) is 4.79 Å². The van der Waals surface area contributed by atoms with Crippen molar-refractivity contribution in [1.29, 1.82) is 0 Å². The largest absolute Gasteiger partial charge is 0.382 e. The third-order valence-electron chi connectivity index (χ3n) is 2.79. The van der Waals surface area contributed by atoms with Crippen LogP contribution in [0, 0.1) is 0 Å². The number of hydrogen-bond donors (Lipinski definition) is 3. The first-order chi connectivity index (χ1) is 9.51. The Balaban J connectivity index is 2.10. The molecule has 0 bridgehead atoms. The molecule has 1 aromatic heterocycles. The van der Waals surface area contributed by atoms with Crippen molar-refractivity contribution in [1.82, 2.24) is 10.3 Å². The number of hydrogen-bond acceptors (Lipinski definition) is 5. The Morgan fingerprint density at radius 2 is 2.05 bits per heavy atom. The number of aromatic nitrogens is 1. The number of amides is 1. The normalized spacial score (nSPS) is 11.9. The van der Waals surface area contributed by atoms with Crippen LogP contribution in [0.15, 0.2) is 24.3 Å². The van der Waals surface area contributed by atoms with E-state index in [-0.39, 0.29) is 17.8 Å². The minimum atomic E-state index is -0.232. The molecule has 0 aliphatic rings. The fourth-order valence-corrected chi connectivity index (χ4v) is 2.57. The molecule has 5 nitrogen and oxygen atoms in total. The van der Waals surface area contributed by atoms with Crippen molar-refractivity contribution in [3.8, 4) is 0 Å². The standard InChI is InChI=1S/C13H15ClN4OS/c1-7(8-3-5-9(14)6-4-8)17-12(19)10-11(15)18-13(16-2)20-10/h3-7H,15H2,1-2H3,(H,16,18)(H,17,19). The lowest BCUT2D eigenvalue weighted by Gasteiger charge is -2.13. The summed E-state index contributed by atoms with van der Waals surface area (Å²) in [6.07, 6.45) is 0. The number of rotatable bonds is 4. The molecule has 0 spiro atoms. The Labute approximate surface area is 126 Å². The Bertz CT molecular complexity index is 611. The first-order valence-electron chi connectivity index (χ1n) is 6.01. The number of nitrogen functional groups attached to an aromatic ring is 1. The molecule has 0 aliphatic carbocycles. The summed E-state index contributed by atoms with van der Waals surface area (Å²) in [5.74, 6) is 0.00380. The van der Waals surface area contributed by atoms with Gasteiger partial charge < -0.3 is 16.4 Å². The van der Waals surface area contributed by atoms with Crippen LogP contribution in [0.25, 0.3) is 0 Å². The highest BCUT2D eigenvalue weighted by Gasteiger charge is 2.18. The van der Waals surface area contributed by atoms with Gasteiger partial charge in [-0.15, -0.1) is 0 Å². The van der Waals surface area contributed by atoms with Crippen molar-refractivity contribution in [2.24, 2.45) is 0 Å². The molecular weight excluding hydrogens is 296 g/mol. The van der Waals surface area contributed by atoms with Crippen molar-refractivity contribution in [3.63, 3.8) is 0 Å². The van der Waals surface area contributed by atoms with Gasteiger partial charge in [0.25, 0.3) is 5.91 Å². The van der Waals surface area contributed by atoms with Crippen LogP contribution in [-0.4, -0.2) is 17.9 Å². The maximum Gasteiger partial charge on any atom is 0.265 e. The highest BCUT2D eigenvalue weighted by Crippen LogP contribution is 2.25. The summed E-state index contributed by atoms with van der Waals surface area (Å²) in [4.78, 5) is 16.6. The summed E-state index contributed by atoms with van der Waals surface area (Å²) in [5.41, 5.74) is 6.71. The third kappa shape index (κ3) is 3.20. The number of thiazole rings is 1. The minimum Gasteiger partial charge on any atom is -0.382 e. The zero-order valence-corrected chi connectivity index (χ0v) is 12.7. The van der Waals surface area contributed by atoms with E-state index in [1.807, 2.05) is 19.1 Å². The van der Waals surface area contributed by atoms with Crippen molar-refractivity contribution < 1.29 is 4.79 Å². The van der Waals surface area contributed by atoms with Gasteiger partial charge in [-0.05, 0) is 24.6 Å². The van der Waals surface area contributed by atoms with Gasteiger partial charge in [0.2, 0.25) is 0 Å². The fourth-order valence-electron chi connectivity index (χ4n) is 1.70. The molecule has 0 aliphatic heterocycles. The van der Waals surface area contributed by atoms with Crippen LogP contribution in [0.3, 0.4) is 0 Å². The maximum absolute atomic E-state index is 12.2. The molecule has 1 heterocycles. The monoisotopic (exact) mass is 310 g/mol. The number of nitrogens with one attached hydrogen (secondary N) is 2. The second-order valence-corrected chi connectivity index (χ2v) is 5.67.